The fourth-order valence-electron chi connectivity index (χ4n) is 2.84. The zero-order chi connectivity index (χ0) is 13.7. The molecule has 2 atom stereocenters. The van der Waals surface area contributed by atoms with Gasteiger partial charge in [0, 0.05) is 19.1 Å². The van der Waals surface area contributed by atoms with E-state index < -0.39 is 0 Å². The van der Waals surface area contributed by atoms with Gasteiger partial charge in [0.1, 0.15) is 5.75 Å². The summed E-state index contributed by atoms with van der Waals surface area (Å²) in [6, 6.07) is 8.97. The standard InChI is InChI=1S/C16H26N2O/c1-13-6-5-9-17-16(13)12-18(2)11-14-7-4-8-15(10-14)19-3/h4,7-8,10,13,16-17H,5-6,9,11-12H2,1-3H3. The fraction of sp³-hybridized carbons (Fsp3) is 0.625. The van der Waals surface area contributed by atoms with Crippen molar-refractivity contribution in [2.24, 2.45) is 5.92 Å². The molecule has 1 heterocycles. The van der Waals surface area contributed by atoms with Gasteiger partial charge in [-0.25, -0.2) is 0 Å². The van der Waals surface area contributed by atoms with E-state index in [0.717, 1.165) is 24.8 Å². The lowest BCUT2D eigenvalue weighted by molar-refractivity contribution is 0.212. The molecule has 2 rings (SSSR count). The second-order valence-corrected chi connectivity index (χ2v) is 5.73. The molecule has 1 aliphatic heterocycles. The van der Waals surface area contributed by atoms with E-state index in [2.05, 4.69) is 42.4 Å². The zero-order valence-corrected chi connectivity index (χ0v) is 12.4. The Kier molecular flexibility index (Phi) is 5.23. The topological polar surface area (TPSA) is 24.5 Å². The van der Waals surface area contributed by atoms with Gasteiger partial charge in [-0.3, -0.25) is 0 Å². The Bertz CT molecular complexity index is 394. The van der Waals surface area contributed by atoms with Crippen LogP contribution in [0, 0.1) is 5.92 Å². The molecular formula is C16H26N2O. The minimum Gasteiger partial charge on any atom is -0.497 e. The second-order valence-electron chi connectivity index (χ2n) is 5.73. The number of piperidine rings is 1. The highest BCUT2D eigenvalue weighted by Gasteiger charge is 2.21. The first-order valence-corrected chi connectivity index (χ1v) is 7.24. The molecule has 1 aliphatic rings. The van der Waals surface area contributed by atoms with E-state index in [1.807, 2.05) is 6.07 Å². The highest BCUT2D eigenvalue weighted by molar-refractivity contribution is 5.28. The first kappa shape index (κ1) is 14.4. The SMILES string of the molecule is COc1cccc(CN(C)CC2NCCCC2C)c1. The van der Waals surface area contributed by atoms with E-state index in [0.29, 0.717) is 6.04 Å². The highest BCUT2D eigenvalue weighted by Crippen LogP contribution is 2.18. The molecule has 0 radical (unpaired) electrons. The van der Waals surface area contributed by atoms with Crippen molar-refractivity contribution in [3.8, 4) is 5.75 Å². The molecule has 1 aromatic rings. The van der Waals surface area contributed by atoms with Crippen molar-refractivity contribution in [1.82, 2.24) is 10.2 Å². The molecule has 0 spiro atoms. The first-order valence-electron chi connectivity index (χ1n) is 7.24. The van der Waals surface area contributed by atoms with Crippen LogP contribution in [0.4, 0.5) is 0 Å². The van der Waals surface area contributed by atoms with Gasteiger partial charge in [0.2, 0.25) is 0 Å². The van der Waals surface area contributed by atoms with Crippen LogP contribution in [0.5, 0.6) is 5.75 Å². The van der Waals surface area contributed by atoms with Gasteiger partial charge in [0.05, 0.1) is 7.11 Å². The van der Waals surface area contributed by atoms with Gasteiger partial charge in [-0.15, -0.1) is 0 Å². The molecule has 0 bridgehead atoms. The number of nitrogens with zero attached hydrogens (tertiary/aromatic N) is 1. The van der Waals surface area contributed by atoms with Crippen LogP contribution in [0.15, 0.2) is 24.3 Å². The molecule has 19 heavy (non-hydrogen) atoms. The molecule has 0 aromatic heterocycles. The average Bonchev–Trinajstić information content (AvgIpc) is 2.41. The summed E-state index contributed by atoms with van der Waals surface area (Å²) < 4.78 is 5.27. The van der Waals surface area contributed by atoms with E-state index >= 15 is 0 Å². The molecule has 0 saturated carbocycles. The molecule has 1 saturated heterocycles. The van der Waals surface area contributed by atoms with E-state index in [1.54, 1.807) is 7.11 Å². The van der Waals surface area contributed by atoms with Gasteiger partial charge in [0.15, 0.2) is 0 Å². The summed E-state index contributed by atoms with van der Waals surface area (Å²) in [5.41, 5.74) is 1.31. The van der Waals surface area contributed by atoms with Crippen molar-refractivity contribution in [3.05, 3.63) is 29.8 Å². The van der Waals surface area contributed by atoms with Crippen molar-refractivity contribution in [2.45, 2.75) is 32.4 Å². The Morgan fingerprint density at radius 2 is 2.26 bits per heavy atom. The Balaban J connectivity index is 1.87. The quantitative estimate of drug-likeness (QED) is 0.882. The Morgan fingerprint density at radius 1 is 1.42 bits per heavy atom. The van der Waals surface area contributed by atoms with Crippen molar-refractivity contribution < 1.29 is 4.74 Å². The van der Waals surface area contributed by atoms with E-state index in [1.165, 1.54) is 24.9 Å². The third kappa shape index (κ3) is 4.22. The zero-order valence-electron chi connectivity index (χ0n) is 12.4. The van der Waals surface area contributed by atoms with E-state index in [4.69, 9.17) is 4.74 Å². The molecule has 1 N–H and O–H groups in total. The Morgan fingerprint density at radius 3 is 3.00 bits per heavy atom. The molecule has 1 fully saturated rings. The van der Waals surface area contributed by atoms with Crippen LogP contribution < -0.4 is 10.1 Å². The number of benzene rings is 1. The highest BCUT2D eigenvalue weighted by atomic mass is 16.5. The van der Waals surface area contributed by atoms with Crippen LogP contribution in [0.3, 0.4) is 0 Å². The Hall–Kier alpha value is -1.06. The molecule has 106 valence electrons. The van der Waals surface area contributed by atoms with E-state index in [-0.39, 0.29) is 0 Å². The van der Waals surface area contributed by atoms with Gasteiger partial charge >= 0.3 is 0 Å². The first-order chi connectivity index (χ1) is 9.19. The number of rotatable bonds is 5. The van der Waals surface area contributed by atoms with Crippen LogP contribution in [0.1, 0.15) is 25.3 Å². The number of nitrogens with one attached hydrogen (secondary N) is 1. The lowest BCUT2D eigenvalue weighted by Crippen LogP contribution is -2.46. The second kappa shape index (κ2) is 6.92. The molecular weight excluding hydrogens is 236 g/mol. The maximum atomic E-state index is 5.27. The summed E-state index contributed by atoms with van der Waals surface area (Å²) in [7, 11) is 3.92. The van der Waals surface area contributed by atoms with Crippen molar-refractivity contribution in [3.63, 3.8) is 0 Å². The summed E-state index contributed by atoms with van der Waals surface area (Å²) in [6.45, 7) is 5.61. The minimum absolute atomic E-state index is 0.629. The summed E-state index contributed by atoms with van der Waals surface area (Å²) in [6.07, 6.45) is 2.67. The number of ether oxygens (including phenoxy) is 1. The molecule has 0 aliphatic carbocycles. The van der Waals surface area contributed by atoms with Gasteiger partial charge in [-0.1, -0.05) is 19.1 Å². The average molecular weight is 262 g/mol. The third-order valence-corrected chi connectivity index (χ3v) is 4.02. The molecule has 3 nitrogen and oxygen atoms in total. The largest absolute Gasteiger partial charge is 0.497 e. The normalized spacial score (nSPS) is 23.6. The summed E-state index contributed by atoms with van der Waals surface area (Å²) in [5.74, 6) is 1.72. The van der Waals surface area contributed by atoms with Crippen LogP contribution >= 0.6 is 0 Å². The van der Waals surface area contributed by atoms with Gasteiger partial charge in [0.25, 0.3) is 0 Å². The smallest absolute Gasteiger partial charge is 0.119 e. The maximum Gasteiger partial charge on any atom is 0.119 e. The van der Waals surface area contributed by atoms with Crippen LogP contribution in [0.25, 0.3) is 0 Å². The van der Waals surface area contributed by atoms with Gasteiger partial charge in [-0.05, 0) is 50.0 Å². The van der Waals surface area contributed by atoms with Crippen LogP contribution in [-0.4, -0.2) is 38.2 Å². The van der Waals surface area contributed by atoms with Crippen LogP contribution in [0.2, 0.25) is 0 Å². The third-order valence-electron chi connectivity index (χ3n) is 4.02. The molecule has 1 aromatic carbocycles. The van der Waals surface area contributed by atoms with Crippen molar-refractivity contribution in [2.75, 3.05) is 27.2 Å². The summed E-state index contributed by atoms with van der Waals surface area (Å²) in [4.78, 5) is 2.40. The molecule has 0 amide bonds. The number of hydrogen-bond donors (Lipinski definition) is 1. The minimum atomic E-state index is 0.629. The Labute approximate surface area is 116 Å². The number of hydrogen-bond acceptors (Lipinski definition) is 3. The lowest BCUT2D eigenvalue weighted by Gasteiger charge is -2.33. The van der Waals surface area contributed by atoms with Crippen LogP contribution in [-0.2, 0) is 6.54 Å². The predicted octanol–water partition coefficient (Wildman–Crippen LogP) is 2.52. The maximum absolute atomic E-state index is 5.27. The van der Waals surface area contributed by atoms with Gasteiger partial charge < -0.3 is 15.0 Å². The number of methoxy groups -OCH3 is 1. The predicted molar refractivity (Wildman–Crippen MR) is 79.5 cm³/mol. The van der Waals surface area contributed by atoms with Crippen molar-refractivity contribution in [1.29, 1.82) is 0 Å². The fourth-order valence-corrected chi connectivity index (χ4v) is 2.84. The summed E-state index contributed by atoms with van der Waals surface area (Å²) in [5, 5.41) is 3.64. The summed E-state index contributed by atoms with van der Waals surface area (Å²) >= 11 is 0. The number of likely N-dealkylation sites (N-methyl/N-ethyl adjacent to an activating group) is 1. The van der Waals surface area contributed by atoms with Crippen molar-refractivity contribution >= 4 is 0 Å². The van der Waals surface area contributed by atoms with Gasteiger partial charge in [-0.2, -0.15) is 0 Å². The monoisotopic (exact) mass is 262 g/mol. The lowest BCUT2D eigenvalue weighted by atomic mass is 9.92. The van der Waals surface area contributed by atoms with E-state index in [9.17, 15) is 0 Å². The molecule has 3 heteroatoms. The molecule has 2 unspecified atom stereocenters.